The molecule has 3 atom stereocenters. The van der Waals surface area contributed by atoms with E-state index in [9.17, 15) is 23.6 Å². The zero-order chi connectivity index (χ0) is 25.8. The number of nitrogens with zero attached hydrogens (tertiary/aromatic N) is 2. The smallest absolute Gasteiger partial charge is 0.340 e. The van der Waals surface area contributed by atoms with Crippen LogP contribution in [-0.4, -0.2) is 39.8 Å². The maximum Gasteiger partial charge on any atom is 0.340 e. The minimum atomic E-state index is -1.35. The summed E-state index contributed by atoms with van der Waals surface area (Å²) in [5.41, 5.74) is -0.881. The number of hydrogen-bond donors (Lipinski definition) is 0. The van der Waals surface area contributed by atoms with Gasteiger partial charge in [-0.25, -0.2) is 4.79 Å². The quantitative estimate of drug-likeness (QED) is 0.463. The van der Waals surface area contributed by atoms with Crippen LogP contribution in [0.25, 0.3) is 0 Å². The van der Waals surface area contributed by atoms with Crippen LogP contribution in [0.4, 0.5) is 4.39 Å². The monoisotopic (exact) mass is 496 g/mol. The highest BCUT2D eigenvalue weighted by Gasteiger charge is 2.39. The normalized spacial score (nSPS) is 19.2. The Balaban J connectivity index is 1.65. The second-order valence-electron chi connectivity index (χ2n) is 8.43. The lowest BCUT2D eigenvalue weighted by Crippen LogP contribution is -2.46. The molecule has 0 saturated carbocycles. The minimum absolute atomic E-state index is 0.0921. The molecule has 2 heterocycles. The van der Waals surface area contributed by atoms with Crippen LogP contribution >= 0.6 is 0 Å². The lowest BCUT2D eigenvalue weighted by Gasteiger charge is -2.19. The molecule has 3 aromatic rings. The summed E-state index contributed by atoms with van der Waals surface area (Å²) < 4.78 is 32.8. The van der Waals surface area contributed by atoms with Crippen molar-refractivity contribution in [1.82, 2.24) is 9.13 Å². The predicted octanol–water partition coefficient (Wildman–Crippen LogP) is 2.58. The van der Waals surface area contributed by atoms with Gasteiger partial charge >= 0.3 is 11.7 Å². The van der Waals surface area contributed by atoms with Crippen molar-refractivity contribution in [1.29, 1.82) is 0 Å². The van der Waals surface area contributed by atoms with E-state index >= 15 is 0 Å². The predicted molar refractivity (Wildman–Crippen MR) is 126 cm³/mol. The molecule has 2 aromatic carbocycles. The number of aryl methyl sites for hydroxylation is 1. The zero-order valence-corrected chi connectivity index (χ0v) is 19.8. The van der Waals surface area contributed by atoms with Crippen LogP contribution in [-0.2, 0) is 25.6 Å². The molecule has 0 N–H and O–H groups in total. The van der Waals surface area contributed by atoms with E-state index in [1.54, 1.807) is 25.1 Å². The van der Waals surface area contributed by atoms with Gasteiger partial charge in [0.25, 0.3) is 11.5 Å². The summed E-state index contributed by atoms with van der Waals surface area (Å²) >= 11 is 0. The summed E-state index contributed by atoms with van der Waals surface area (Å²) in [6.07, 6.45) is -1.62. The number of aromatic nitrogens is 2. The minimum Gasteiger partial charge on any atom is -0.463 e. The van der Waals surface area contributed by atoms with Gasteiger partial charge in [-0.3, -0.25) is 19.0 Å². The second kappa shape index (κ2) is 10.8. The van der Waals surface area contributed by atoms with Crippen molar-refractivity contribution in [2.75, 3.05) is 6.61 Å². The van der Waals surface area contributed by atoms with Gasteiger partial charge in [0.15, 0.2) is 0 Å². The Bertz CT molecular complexity index is 1380. The summed E-state index contributed by atoms with van der Waals surface area (Å²) in [4.78, 5) is 50.1. The molecule has 188 valence electrons. The van der Waals surface area contributed by atoms with Gasteiger partial charge in [0.1, 0.15) is 18.9 Å². The summed E-state index contributed by atoms with van der Waals surface area (Å²) in [7, 11) is 0. The van der Waals surface area contributed by atoms with Gasteiger partial charge in [0.2, 0.25) is 5.82 Å². The van der Waals surface area contributed by atoms with Crippen LogP contribution in [0.2, 0.25) is 0 Å². The Kier molecular flexibility index (Phi) is 7.56. The first-order valence-corrected chi connectivity index (χ1v) is 11.3. The number of halogens is 1. The van der Waals surface area contributed by atoms with Crippen LogP contribution in [0.15, 0.2) is 70.4 Å². The highest BCUT2D eigenvalue weighted by atomic mass is 19.1. The molecule has 1 aromatic heterocycles. The van der Waals surface area contributed by atoms with Gasteiger partial charge < -0.3 is 14.2 Å². The number of esters is 1. The average Bonchev–Trinajstić information content (AvgIpc) is 3.27. The topological polar surface area (TPSA) is 106 Å². The van der Waals surface area contributed by atoms with Crippen molar-refractivity contribution in [3.05, 3.63) is 104 Å². The molecule has 1 aliphatic heterocycles. The van der Waals surface area contributed by atoms with Gasteiger partial charge in [-0.15, -0.1) is 0 Å². The van der Waals surface area contributed by atoms with E-state index in [4.69, 9.17) is 14.2 Å². The third-order valence-corrected chi connectivity index (χ3v) is 5.90. The molecule has 10 heteroatoms. The van der Waals surface area contributed by atoms with Crippen LogP contribution in [0, 0.1) is 12.7 Å². The Hall–Kier alpha value is -3.89. The van der Waals surface area contributed by atoms with E-state index in [2.05, 4.69) is 0 Å². The molecule has 4 rings (SSSR count). The van der Waals surface area contributed by atoms with Gasteiger partial charge in [0, 0.05) is 18.9 Å². The fourth-order valence-corrected chi connectivity index (χ4v) is 4.03. The van der Waals surface area contributed by atoms with E-state index < -0.39 is 47.4 Å². The first kappa shape index (κ1) is 25.2. The Morgan fingerprint density at radius 2 is 1.78 bits per heavy atom. The Morgan fingerprint density at radius 3 is 2.47 bits per heavy atom. The van der Waals surface area contributed by atoms with E-state index in [-0.39, 0.29) is 29.8 Å². The number of ether oxygens (including phenoxy) is 3. The third-order valence-electron chi connectivity index (χ3n) is 5.90. The van der Waals surface area contributed by atoms with E-state index in [0.717, 1.165) is 16.3 Å². The summed E-state index contributed by atoms with van der Waals surface area (Å²) in [5, 5.41) is 0. The molecule has 0 spiro atoms. The number of carbonyl (C=O) groups excluding carboxylic acids is 2. The van der Waals surface area contributed by atoms with E-state index in [1.807, 2.05) is 30.3 Å². The Labute approximate surface area is 205 Å². The third kappa shape index (κ3) is 5.34. The molecule has 1 fully saturated rings. The first-order valence-electron chi connectivity index (χ1n) is 11.3. The van der Waals surface area contributed by atoms with Crippen LogP contribution in [0.1, 0.15) is 41.1 Å². The Morgan fingerprint density at radius 1 is 1.08 bits per heavy atom. The average molecular weight is 496 g/mol. The van der Waals surface area contributed by atoms with Crippen molar-refractivity contribution in [2.24, 2.45) is 0 Å². The van der Waals surface area contributed by atoms with Gasteiger partial charge in [0.05, 0.1) is 18.9 Å². The summed E-state index contributed by atoms with van der Waals surface area (Å²) in [5.74, 6) is -2.75. The van der Waals surface area contributed by atoms with E-state index in [1.165, 1.54) is 13.0 Å². The number of carbonyl (C=O) groups is 2. The lowest BCUT2D eigenvalue weighted by molar-refractivity contribution is -0.148. The van der Waals surface area contributed by atoms with Crippen molar-refractivity contribution < 1.29 is 28.2 Å². The fourth-order valence-electron chi connectivity index (χ4n) is 4.03. The molecule has 0 bridgehead atoms. The highest BCUT2D eigenvalue weighted by molar-refractivity contribution is 5.97. The fraction of sp³-hybridized carbons (Fsp3) is 0.308. The molecule has 0 aliphatic carbocycles. The van der Waals surface area contributed by atoms with Gasteiger partial charge in [-0.1, -0.05) is 48.5 Å². The largest absolute Gasteiger partial charge is 0.463 e. The van der Waals surface area contributed by atoms with Crippen molar-refractivity contribution in [3.63, 3.8) is 0 Å². The maximum atomic E-state index is 14.7. The molecule has 0 amide bonds. The van der Waals surface area contributed by atoms with Crippen molar-refractivity contribution in [2.45, 2.75) is 45.3 Å². The zero-order valence-electron chi connectivity index (χ0n) is 19.8. The van der Waals surface area contributed by atoms with Crippen molar-refractivity contribution >= 4 is 11.9 Å². The lowest BCUT2D eigenvalue weighted by atomic mass is 10.1. The SMILES string of the molecule is CC(=O)OC[C@@H]1O[C@H](n2cc(F)c(=O)n(C(=O)c3ccccc3C)c2=O)CC1OCc1ccccc1. The van der Waals surface area contributed by atoms with Crippen LogP contribution in [0.3, 0.4) is 0 Å². The van der Waals surface area contributed by atoms with E-state index in [0.29, 0.717) is 5.56 Å². The standard InChI is InChI=1S/C26H25FN2O7/c1-16-8-6-7-11-19(16)24(31)29-25(32)20(27)13-28(26(29)33)23-12-21(22(36-23)15-34-17(2)30)35-14-18-9-4-3-5-10-18/h3-11,13,21-23H,12,14-15H2,1-2H3/t21?,22-,23-/m0/s1. The molecule has 1 saturated heterocycles. The molecular formula is C26H25FN2O7. The second-order valence-corrected chi connectivity index (χ2v) is 8.43. The summed E-state index contributed by atoms with van der Waals surface area (Å²) in [6, 6.07) is 15.7. The van der Waals surface area contributed by atoms with Gasteiger partial charge in [-0.2, -0.15) is 8.96 Å². The molecule has 1 aliphatic rings. The molecule has 9 nitrogen and oxygen atoms in total. The number of hydrogen-bond acceptors (Lipinski definition) is 7. The van der Waals surface area contributed by atoms with Gasteiger partial charge in [-0.05, 0) is 24.1 Å². The van der Waals surface area contributed by atoms with Crippen LogP contribution in [0.5, 0.6) is 0 Å². The number of benzene rings is 2. The van der Waals surface area contributed by atoms with Crippen LogP contribution < -0.4 is 11.2 Å². The molecule has 1 unspecified atom stereocenters. The maximum absolute atomic E-state index is 14.7. The molecular weight excluding hydrogens is 471 g/mol. The number of rotatable bonds is 7. The first-order chi connectivity index (χ1) is 17.3. The van der Waals surface area contributed by atoms with Crippen molar-refractivity contribution in [3.8, 4) is 0 Å². The highest BCUT2D eigenvalue weighted by Crippen LogP contribution is 2.31. The molecule has 36 heavy (non-hydrogen) atoms. The summed E-state index contributed by atoms with van der Waals surface area (Å²) in [6.45, 7) is 2.97. The molecule has 0 radical (unpaired) electrons.